The molecule has 62 heavy (non-hydrogen) atoms. The van der Waals surface area contributed by atoms with Gasteiger partial charge in [0, 0.05) is 24.3 Å². The molecule has 2 N–H and O–H groups in total. The van der Waals surface area contributed by atoms with Crippen molar-refractivity contribution >= 4 is 11.9 Å². The van der Waals surface area contributed by atoms with Gasteiger partial charge in [0.1, 0.15) is 13.2 Å². The second-order valence-corrected chi connectivity index (χ2v) is 17.5. The standard InChI is InChI=1S/C56H86O6/c1-3-5-7-9-11-13-15-17-19-21-23-25-27-29-31-33-39-61-41-35-37-49-43-51(47-53(45-49)55(57)58)52-44-50(46-54(48-52)56(59)60)38-36-42-62-40-34-32-30-28-26-24-22-20-18-16-14-12-10-8-6-4-2/h43-48H,3-34,39-42H2,1-2H3,(H,57,58)(H,59,60). The highest BCUT2D eigenvalue weighted by molar-refractivity contribution is 5.92. The smallest absolute Gasteiger partial charge is 0.335 e. The van der Waals surface area contributed by atoms with Gasteiger partial charge in [0.05, 0.1) is 11.1 Å². The second-order valence-electron chi connectivity index (χ2n) is 17.5. The van der Waals surface area contributed by atoms with Crippen molar-refractivity contribution in [2.24, 2.45) is 0 Å². The van der Waals surface area contributed by atoms with E-state index in [1.54, 1.807) is 24.3 Å². The summed E-state index contributed by atoms with van der Waals surface area (Å²) in [6.45, 7) is 6.39. The molecule has 0 fully saturated rings. The van der Waals surface area contributed by atoms with Crippen LogP contribution in [0.3, 0.4) is 0 Å². The quantitative estimate of drug-likeness (QED) is 0.0514. The molecule has 0 atom stereocenters. The molecule has 0 radical (unpaired) electrons. The van der Waals surface area contributed by atoms with Crippen molar-refractivity contribution in [1.29, 1.82) is 0 Å². The van der Waals surface area contributed by atoms with Gasteiger partial charge in [-0.05, 0) is 60.4 Å². The molecule has 0 spiro atoms. The number of carboxylic acids is 2. The summed E-state index contributed by atoms with van der Waals surface area (Å²) in [4.78, 5) is 24.1. The third-order valence-electron chi connectivity index (χ3n) is 11.8. The summed E-state index contributed by atoms with van der Waals surface area (Å²) in [5.74, 6) is 9.99. The van der Waals surface area contributed by atoms with Crippen molar-refractivity contribution in [2.45, 2.75) is 219 Å². The summed E-state index contributed by atoms with van der Waals surface area (Å²) < 4.78 is 11.5. The lowest BCUT2D eigenvalue weighted by Gasteiger charge is -2.08. The Hall–Kier alpha value is -3.58. The summed E-state index contributed by atoms with van der Waals surface area (Å²) in [5.41, 5.74) is 2.35. The first-order chi connectivity index (χ1) is 30.4. The highest BCUT2D eigenvalue weighted by Gasteiger charge is 2.12. The summed E-state index contributed by atoms with van der Waals surface area (Å²) in [6, 6.07) is 9.73. The molecule has 6 heteroatoms. The second kappa shape index (κ2) is 39.0. The van der Waals surface area contributed by atoms with Crippen LogP contribution in [0.5, 0.6) is 0 Å². The lowest BCUT2D eigenvalue weighted by molar-refractivity contribution is 0.0686. The third kappa shape index (κ3) is 29.7. The minimum Gasteiger partial charge on any atom is -0.478 e. The summed E-state index contributed by atoms with van der Waals surface area (Å²) in [7, 11) is 0. The molecule has 0 aromatic heterocycles. The van der Waals surface area contributed by atoms with Crippen LogP contribution in [0.15, 0.2) is 36.4 Å². The average Bonchev–Trinajstić information content (AvgIpc) is 3.27. The predicted octanol–water partition coefficient (Wildman–Crippen LogP) is 16.0. The molecule has 2 aromatic rings. The van der Waals surface area contributed by atoms with E-state index in [0.717, 1.165) is 25.7 Å². The highest BCUT2D eigenvalue weighted by Crippen LogP contribution is 2.26. The van der Waals surface area contributed by atoms with Crippen molar-refractivity contribution in [3.05, 3.63) is 58.7 Å². The Morgan fingerprint density at radius 2 is 0.645 bits per heavy atom. The van der Waals surface area contributed by atoms with Gasteiger partial charge in [-0.1, -0.05) is 230 Å². The zero-order chi connectivity index (χ0) is 44.6. The van der Waals surface area contributed by atoms with Gasteiger partial charge in [-0.2, -0.15) is 0 Å². The van der Waals surface area contributed by atoms with Crippen molar-refractivity contribution in [2.75, 3.05) is 26.4 Å². The number of aromatic carboxylic acids is 2. The summed E-state index contributed by atoms with van der Waals surface area (Å²) in [5, 5.41) is 19.7. The molecule has 0 aliphatic carbocycles. The van der Waals surface area contributed by atoms with Gasteiger partial charge in [-0.25, -0.2) is 9.59 Å². The molecular weight excluding hydrogens is 769 g/mol. The molecule has 346 valence electrons. The Kier molecular flexibility index (Phi) is 34.4. The van der Waals surface area contributed by atoms with E-state index >= 15 is 0 Å². The fourth-order valence-corrected chi connectivity index (χ4v) is 8.01. The van der Waals surface area contributed by atoms with Crippen LogP contribution in [0.1, 0.15) is 251 Å². The molecule has 2 aromatic carbocycles. The maximum absolute atomic E-state index is 12.0. The Labute approximate surface area is 379 Å². The zero-order valence-corrected chi connectivity index (χ0v) is 39.4. The zero-order valence-electron chi connectivity index (χ0n) is 39.4. The van der Waals surface area contributed by atoms with E-state index < -0.39 is 11.9 Å². The van der Waals surface area contributed by atoms with Crippen molar-refractivity contribution < 1.29 is 29.3 Å². The maximum Gasteiger partial charge on any atom is 0.335 e. The third-order valence-corrected chi connectivity index (χ3v) is 11.8. The van der Waals surface area contributed by atoms with Crippen LogP contribution < -0.4 is 0 Å². The molecule has 0 saturated heterocycles. The van der Waals surface area contributed by atoms with Crippen LogP contribution in [0, 0.1) is 23.7 Å². The van der Waals surface area contributed by atoms with Crippen molar-refractivity contribution in [3.63, 3.8) is 0 Å². The van der Waals surface area contributed by atoms with E-state index in [4.69, 9.17) is 9.47 Å². The van der Waals surface area contributed by atoms with Gasteiger partial charge in [0.25, 0.3) is 0 Å². The Bertz CT molecular complexity index is 1450. The van der Waals surface area contributed by atoms with E-state index in [1.807, 2.05) is 0 Å². The lowest BCUT2D eigenvalue weighted by atomic mass is 9.96. The fourth-order valence-electron chi connectivity index (χ4n) is 8.01. The van der Waals surface area contributed by atoms with Gasteiger partial charge in [-0.3, -0.25) is 0 Å². The number of unbranched alkanes of at least 4 members (excludes halogenated alkanes) is 30. The number of ether oxygens (including phenoxy) is 2. The SMILES string of the molecule is CCCCCCCCCCCCCCCCCCOCC#Cc1cc(C(=O)O)cc(-c2cc(C#CCOCCCCCCCCCCCCCCCCCC)cc(C(=O)O)c2)c1. The van der Waals surface area contributed by atoms with E-state index in [9.17, 15) is 19.8 Å². The number of rotatable bonds is 39. The Balaban J connectivity index is 1.67. The van der Waals surface area contributed by atoms with Gasteiger partial charge >= 0.3 is 11.9 Å². The average molecular weight is 855 g/mol. The van der Waals surface area contributed by atoms with Gasteiger partial charge in [0.2, 0.25) is 0 Å². The molecule has 0 amide bonds. The van der Waals surface area contributed by atoms with Crippen LogP contribution >= 0.6 is 0 Å². The van der Waals surface area contributed by atoms with Crippen molar-refractivity contribution in [3.8, 4) is 34.8 Å². The van der Waals surface area contributed by atoms with Crippen LogP contribution in [0.2, 0.25) is 0 Å². The molecule has 2 rings (SSSR count). The van der Waals surface area contributed by atoms with Crippen molar-refractivity contribution in [1.82, 2.24) is 0 Å². The van der Waals surface area contributed by atoms with E-state index in [1.165, 1.54) is 192 Å². The number of carbonyl (C=O) groups is 2. The van der Waals surface area contributed by atoms with Crippen LogP contribution in [0.25, 0.3) is 11.1 Å². The minimum atomic E-state index is -1.08. The summed E-state index contributed by atoms with van der Waals surface area (Å²) in [6.07, 6.45) is 42.6. The normalized spacial score (nSPS) is 10.9. The topological polar surface area (TPSA) is 93.1 Å². The van der Waals surface area contributed by atoms with E-state index in [2.05, 4.69) is 37.5 Å². The first-order valence-corrected chi connectivity index (χ1v) is 25.3. The van der Waals surface area contributed by atoms with Gasteiger partial charge in [0.15, 0.2) is 0 Å². The molecular formula is C56H86O6. The van der Waals surface area contributed by atoms with Crippen LogP contribution in [-0.4, -0.2) is 48.6 Å². The lowest BCUT2D eigenvalue weighted by Crippen LogP contribution is -2.00. The largest absolute Gasteiger partial charge is 0.478 e. The number of hydrogen-bond acceptors (Lipinski definition) is 4. The van der Waals surface area contributed by atoms with Crippen LogP contribution in [0.4, 0.5) is 0 Å². The monoisotopic (exact) mass is 855 g/mol. The highest BCUT2D eigenvalue weighted by atomic mass is 16.5. The van der Waals surface area contributed by atoms with E-state index in [0.29, 0.717) is 35.5 Å². The molecule has 0 aliphatic heterocycles. The maximum atomic E-state index is 12.0. The Morgan fingerprint density at radius 3 is 0.903 bits per heavy atom. The number of benzene rings is 2. The first-order valence-electron chi connectivity index (χ1n) is 25.3. The fraction of sp³-hybridized carbons (Fsp3) is 0.679. The van der Waals surface area contributed by atoms with Gasteiger partial charge < -0.3 is 19.7 Å². The molecule has 0 aliphatic rings. The Morgan fingerprint density at radius 1 is 0.387 bits per heavy atom. The molecule has 0 bridgehead atoms. The number of hydrogen-bond donors (Lipinski definition) is 2. The van der Waals surface area contributed by atoms with E-state index in [-0.39, 0.29) is 24.3 Å². The molecule has 0 unspecified atom stereocenters. The molecule has 6 nitrogen and oxygen atoms in total. The van der Waals surface area contributed by atoms with Crippen LogP contribution in [-0.2, 0) is 9.47 Å². The number of carboxylic acid groups (broad SMARTS) is 2. The summed E-state index contributed by atoms with van der Waals surface area (Å²) >= 11 is 0. The predicted molar refractivity (Wildman–Crippen MR) is 260 cm³/mol. The van der Waals surface area contributed by atoms with Gasteiger partial charge in [-0.15, -0.1) is 0 Å². The molecule has 0 heterocycles. The molecule has 0 saturated carbocycles. The minimum absolute atomic E-state index is 0.0803. The first kappa shape index (κ1) is 54.6.